The molecule has 1 aromatic heterocycles. The number of nitrogens with two attached hydrogens (primary N) is 1. The number of hydrogen-bond donors (Lipinski definition) is 4. The first-order valence-electron chi connectivity index (χ1n) is 13.9. The molecule has 0 bridgehead atoms. The van der Waals surface area contributed by atoms with E-state index in [4.69, 9.17) is 5.73 Å². The minimum absolute atomic E-state index is 0.0348. The van der Waals surface area contributed by atoms with Crippen molar-refractivity contribution in [2.75, 3.05) is 30.8 Å². The molecule has 2 rings (SSSR count). The molecule has 0 aliphatic rings. The van der Waals surface area contributed by atoms with Gasteiger partial charge in [0.15, 0.2) is 0 Å². The summed E-state index contributed by atoms with van der Waals surface area (Å²) in [4.78, 5) is 50.4. The van der Waals surface area contributed by atoms with E-state index in [9.17, 15) is 19.2 Å². The van der Waals surface area contributed by atoms with Crippen molar-refractivity contribution in [1.29, 1.82) is 0 Å². The molecule has 5 N–H and O–H groups in total. The van der Waals surface area contributed by atoms with Crippen molar-refractivity contribution in [3.05, 3.63) is 41.7 Å². The van der Waals surface area contributed by atoms with Gasteiger partial charge < -0.3 is 26.6 Å². The van der Waals surface area contributed by atoms with Gasteiger partial charge in [-0.25, -0.2) is 9.48 Å². The van der Waals surface area contributed by atoms with Gasteiger partial charge in [0.05, 0.1) is 17.6 Å². The number of amides is 5. The maximum absolute atomic E-state index is 13.3. The molecular weight excluding hydrogens is 592 g/mol. The van der Waals surface area contributed by atoms with Crippen LogP contribution in [-0.2, 0) is 14.4 Å². The molecule has 0 unspecified atom stereocenters. The summed E-state index contributed by atoms with van der Waals surface area (Å²) < 4.78 is 1.51. The number of hydrogen-bond acceptors (Lipinski definition) is 6. The average Bonchev–Trinajstić information content (AvgIpc) is 3.41. The fraction of sp³-hybridized carbons (Fsp3) is 0.571. The number of rotatable bonds is 17. The molecular formula is C28H43BrN8O4. The molecule has 2 aromatic rings. The summed E-state index contributed by atoms with van der Waals surface area (Å²) in [6, 6.07) is 5.79. The first kappa shape index (κ1) is 33.7. The number of primary amides is 1. The predicted octanol–water partition coefficient (Wildman–Crippen LogP) is 3.44. The van der Waals surface area contributed by atoms with E-state index in [0.29, 0.717) is 55.5 Å². The molecule has 0 spiro atoms. The number of nitrogens with zero attached hydrogens (tertiary/aromatic N) is 4. The van der Waals surface area contributed by atoms with Gasteiger partial charge in [-0.1, -0.05) is 59.1 Å². The Labute approximate surface area is 250 Å². The van der Waals surface area contributed by atoms with E-state index in [2.05, 4.69) is 42.2 Å². The number of aryl methyl sites for hydroxylation is 1. The first-order valence-corrected chi connectivity index (χ1v) is 15.1. The number of halogens is 1. The summed E-state index contributed by atoms with van der Waals surface area (Å²) in [5, 5.41) is 17.4. The lowest BCUT2D eigenvalue weighted by Gasteiger charge is -2.20. The highest BCUT2D eigenvalue weighted by Crippen LogP contribution is 2.23. The number of carbonyl (C=O) groups excluding carboxylic acids is 4. The van der Waals surface area contributed by atoms with Crippen molar-refractivity contribution in [2.45, 2.75) is 71.4 Å². The van der Waals surface area contributed by atoms with Crippen molar-refractivity contribution in [2.24, 2.45) is 11.7 Å². The van der Waals surface area contributed by atoms with Crippen LogP contribution in [-0.4, -0.2) is 69.1 Å². The van der Waals surface area contributed by atoms with Crippen LogP contribution in [0.25, 0.3) is 0 Å². The largest absolute Gasteiger partial charge is 0.352 e. The van der Waals surface area contributed by atoms with Gasteiger partial charge in [0.2, 0.25) is 17.7 Å². The zero-order valence-corrected chi connectivity index (χ0v) is 25.9. The Morgan fingerprint density at radius 3 is 2.41 bits per heavy atom. The second-order valence-corrected chi connectivity index (χ2v) is 11.0. The highest BCUT2D eigenvalue weighted by Gasteiger charge is 2.26. The minimum Gasteiger partial charge on any atom is -0.352 e. The van der Waals surface area contributed by atoms with Gasteiger partial charge in [0, 0.05) is 32.2 Å². The van der Waals surface area contributed by atoms with E-state index < -0.39 is 12.1 Å². The lowest BCUT2D eigenvalue weighted by atomic mass is 10.0. The van der Waals surface area contributed by atoms with Crippen LogP contribution in [0.15, 0.2) is 30.5 Å². The van der Waals surface area contributed by atoms with E-state index in [1.165, 1.54) is 4.68 Å². The van der Waals surface area contributed by atoms with Crippen LogP contribution >= 0.6 is 15.9 Å². The van der Waals surface area contributed by atoms with Crippen molar-refractivity contribution >= 4 is 45.4 Å². The quantitative estimate of drug-likeness (QED) is 0.154. The van der Waals surface area contributed by atoms with Crippen LogP contribution in [0.1, 0.15) is 75.7 Å². The fourth-order valence-electron chi connectivity index (χ4n) is 4.20. The summed E-state index contributed by atoms with van der Waals surface area (Å²) in [5.41, 5.74) is 7.47. The lowest BCUT2D eigenvalue weighted by molar-refractivity contribution is -0.127. The van der Waals surface area contributed by atoms with Gasteiger partial charge >= 0.3 is 6.03 Å². The molecule has 13 heteroatoms. The summed E-state index contributed by atoms with van der Waals surface area (Å²) in [7, 11) is 1.77. The molecule has 0 aliphatic carbocycles. The van der Waals surface area contributed by atoms with Crippen LogP contribution in [0.3, 0.4) is 0 Å². The van der Waals surface area contributed by atoms with Crippen LogP contribution in [0.5, 0.6) is 0 Å². The number of anilines is 1. The van der Waals surface area contributed by atoms with Crippen LogP contribution in [0.2, 0.25) is 0 Å². The first-order chi connectivity index (χ1) is 19.5. The third-order valence-corrected chi connectivity index (χ3v) is 7.14. The topological polar surface area (TPSA) is 164 Å². The van der Waals surface area contributed by atoms with Crippen molar-refractivity contribution in [1.82, 2.24) is 30.5 Å². The van der Waals surface area contributed by atoms with Crippen LogP contribution in [0, 0.1) is 12.8 Å². The molecule has 41 heavy (non-hydrogen) atoms. The molecule has 226 valence electrons. The van der Waals surface area contributed by atoms with Gasteiger partial charge in [-0.05, 0) is 50.7 Å². The van der Waals surface area contributed by atoms with E-state index in [0.717, 1.165) is 18.4 Å². The van der Waals surface area contributed by atoms with Crippen LogP contribution in [0.4, 0.5) is 10.5 Å². The van der Waals surface area contributed by atoms with Gasteiger partial charge in [-0.15, -0.1) is 5.10 Å². The summed E-state index contributed by atoms with van der Waals surface area (Å²) in [6.07, 6.45) is 5.30. The Hall–Kier alpha value is -3.48. The van der Waals surface area contributed by atoms with E-state index in [1.807, 2.05) is 45.0 Å². The molecule has 1 aromatic carbocycles. The number of benzene rings is 1. The number of alkyl halides is 1. The van der Waals surface area contributed by atoms with Gasteiger partial charge in [-0.3, -0.25) is 14.4 Å². The van der Waals surface area contributed by atoms with Gasteiger partial charge in [-0.2, -0.15) is 0 Å². The number of nitrogens with one attached hydrogen (secondary N) is 3. The zero-order valence-electron chi connectivity index (χ0n) is 24.4. The molecule has 5 amide bonds. The molecule has 0 aliphatic heterocycles. The molecule has 12 nitrogen and oxygen atoms in total. The summed E-state index contributed by atoms with van der Waals surface area (Å²) >= 11 is 3.17. The number of carbonyl (C=O) groups is 4. The second-order valence-electron chi connectivity index (χ2n) is 10.5. The SMILES string of the molecule is Cc1ccc(NC(=O)[C@H](CCCNC(N)=O)n2cc([C@@H](NC(=O)CCCCCN(C)C(=O)CBr)C(C)C)nn2)cc1. The van der Waals surface area contributed by atoms with E-state index >= 15 is 0 Å². The molecule has 2 atom stereocenters. The van der Waals surface area contributed by atoms with Crippen molar-refractivity contribution < 1.29 is 19.2 Å². The van der Waals surface area contributed by atoms with E-state index in [1.54, 1.807) is 18.1 Å². The highest BCUT2D eigenvalue weighted by molar-refractivity contribution is 9.09. The van der Waals surface area contributed by atoms with Gasteiger partial charge in [0.25, 0.3) is 0 Å². The van der Waals surface area contributed by atoms with Gasteiger partial charge in [0.1, 0.15) is 11.7 Å². The minimum atomic E-state index is -0.690. The molecule has 0 fully saturated rings. The number of aromatic nitrogens is 3. The third-order valence-electron chi connectivity index (χ3n) is 6.66. The zero-order chi connectivity index (χ0) is 30.4. The smallest absolute Gasteiger partial charge is 0.312 e. The molecule has 0 saturated heterocycles. The highest BCUT2D eigenvalue weighted by atomic mass is 79.9. The maximum atomic E-state index is 13.3. The standard InChI is InChI=1S/C28H43BrN8O4/c1-19(2)26(33-24(38)10-6-5-7-16-36(4)25(39)17-29)22-18-37(35-34-22)23(9-8-15-31-28(30)41)27(40)32-21-13-11-20(3)12-14-21/h11-14,18-19,23,26H,5-10,15-17H2,1-4H3,(H,32,40)(H,33,38)(H3,30,31,41)/t23-,26-/m0/s1. The third kappa shape index (κ3) is 11.9. The van der Waals surface area contributed by atoms with Crippen molar-refractivity contribution in [3.8, 4) is 0 Å². The lowest BCUT2D eigenvalue weighted by Crippen LogP contribution is -2.32. The number of unbranched alkanes of at least 4 members (excludes halogenated alkanes) is 2. The Morgan fingerprint density at radius 1 is 1.07 bits per heavy atom. The Kier molecular flexibility index (Phi) is 14.3. The summed E-state index contributed by atoms with van der Waals surface area (Å²) in [6.45, 7) is 6.91. The second kappa shape index (κ2) is 17.4. The summed E-state index contributed by atoms with van der Waals surface area (Å²) in [5.74, 6) is -0.285. The van der Waals surface area contributed by atoms with Crippen LogP contribution < -0.4 is 21.7 Å². The Bertz CT molecular complexity index is 1140. The van der Waals surface area contributed by atoms with E-state index in [-0.39, 0.29) is 29.7 Å². The molecule has 0 saturated carbocycles. The predicted molar refractivity (Wildman–Crippen MR) is 161 cm³/mol. The maximum Gasteiger partial charge on any atom is 0.312 e. The fourth-order valence-corrected chi connectivity index (χ4v) is 4.63. The molecule has 1 heterocycles. The van der Waals surface area contributed by atoms with Crippen molar-refractivity contribution in [3.63, 3.8) is 0 Å². The average molecular weight is 636 g/mol. The monoisotopic (exact) mass is 634 g/mol. The Morgan fingerprint density at radius 2 is 1.78 bits per heavy atom. The molecule has 0 radical (unpaired) electrons. The normalized spacial score (nSPS) is 12.4. The Balaban J connectivity index is 2.04. The number of urea groups is 1.